The maximum Gasteiger partial charge on any atom is 0.218 e. The average molecular weight is 577 g/mol. The van der Waals surface area contributed by atoms with Gasteiger partial charge in [0, 0.05) is 45.2 Å². The van der Waals surface area contributed by atoms with Crippen molar-refractivity contribution < 1.29 is 9.84 Å². The topological polar surface area (TPSA) is 71.6 Å². The summed E-state index contributed by atoms with van der Waals surface area (Å²) in [5, 5.41) is 15.3. The number of likely N-dealkylation sites (N-methyl/N-ethyl adjacent to an activating group) is 1. The van der Waals surface area contributed by atoms with Gasteiger partial charge < -0.3 is 20.5 Å². The third-order valence-corrected chi connectivity index (χ3v) is 8.66. The van der Waals surface area contributed by atoms with Crippen molar-refractivity contribution in [3.63, 3.8) is 0 Å². The number of methoxy groups -OCH3 is 1. The number of aromatic nitrogens is 1. The molecule has 2 aromatic heterocycles. The number of rotatable bonds is 8. The summed E-state index contributed by atoms with van der Waals surface area (Å²) in [7, 11) is 3.37. The fourth-order valence-corrected chi connectivity index (χ4v) is 6.33. The number of fused-ring (bicyclic) bond motifs is 2. The summed E-state index contributed by atoms with van der Waals surface area (Å²) in [5.74, 6) is 0.472. The smallest absolute Gasteiger partial charge is 0.218 e. The second-order valence-electron chi connectivity index (χ2n) is 9.14. The average Bonchev–Trinajstić information content (AvgIpc) is 3.37. The molecule has 0 fully saturated rings. The van der Waals surface area contributed by atoms with Crippen molar-refractivity contribution >= 4 is 55.5 Å². The zero-order valence-corrected chi connectivity index (χ0v) is 23.8. The van der Waals surface area contributed by atoms with Crippen LogP contribution in [0.4, 0.5) is 0 Å². The van der Waals surface area contributed by atoms with E-state index in [0.29, 0.717) is 50.1 Å². The van der Waals surface area contributed by atoms with E-state index in [2.05, 4.69) is 24.8 Å². The molecule has 3 aromatic carbocycles. The molecule has 1 unspecified atom stereocenters. The molecule has 39 heavy (non-hydrogen) atoms. The number of hydrogen-bond donors (Lipinski definition) is 2. The van der Waals surface area contributed by atoms with E-state index < -0.39 is 5.60 Å². The van der Waals surface area contributed by atoms with Gasteiger partial charge in [-0.1, -0.05) is 66.2 Å². The van der Waals surface area contributed by atoms with E-state index in [0.717, 1.165) is 10.4 Å². The van der Waals surface area contributed by atoms with Gasteiger partial charge in [0.25, 0.3) is 0 Å². The van der Waals surface area contributed by atoms with E-state index in [4.69, 9.17) is 38.7 Å². The van der Waals surface area contributed by atoms with Crippen LogP contribution in [-0.2, 0) is 12.0 Å². The summed E-state index contributed by atoms with van der Waals surface area (Å²) in [5.41, 5.74) is 7.43. The third-order valence-electron chi connectivity index (χ3n) is 6.86. The molecule has 0 spiro atoms. The van der Waals surface area contributed by atoms with Crippen LogP contribution in [0, 0.1) is 0 Å². The zero-order chi connectivity index (χ0) is 27.7. The Kier molecular flexibility index (Phi) is 7.56. The second-order valence-corrected chi connectivity index (χ2v) is 11.1. The van der Waals surface area contributed by atoms with E-state index in [-0.39, 0.29) is 0 Å². The lowest BCUT2D eigenvalue weighted by atomic mass is 9.82. The number of thiophene rings is 1. The molecule has 5 aromatic rings. The van der Waals surface area contributed by atoms with Gasteiger partial charge in [0.2, 0.25) is 5.88 Å². The number of pyridine rings is 1. The minimum atomic E-state index is -1.63. The predicted molar refractivity (Wildman–Crippen MR) is 163 cm³/mol. The van der Waals surface area contributed by atoms with Crippen LogP contribution in [0.5, 0.6) is 5.88 Å². The third kappa shape index (κ3) is 4.85. The molecule has 0 radical (unpaired) electrons. The highest BCUT2D eigenvalue weighted by molar-refractivity contribution is 7.19. The van der Waals surface area contributed by atoms with Crippen LogP contribution in [-0.4, -0.2) is 29.1 Å². The molecule has 5 rings (SSSR count). The van der Waals surface area contributed by atoms with Crippen molar-refractivity contribution in [3.8, 4) is 5.88 Å². The predicted octanol–water partition coefficient (Wildman–Crippen LogP) is 7.47. The molecule has 198 valence electrons. The van der Waals surface area contributed by atoms with Gasteiger partial charge in [0.05, 0.1) is 23.3 Å². The van der Waals surface area contributed by atoms with Gasteiger partial charge in [-0.15, -0.1) is 11.3 Å². The van der Waals surface area contributed by atoms with Gasteiger partial charge in [0.15, 0.2) is 5.60 Å². The molecule has 8 heteroatoms. The molecule has 0 amide bonds. The Hall–Kier alpha value is -3.55. The van der Waals surface area contributed by atoms with Gasteiger partial charge in [0.1, 0.15) is 0 Å². The lowest BCUT2D eigenvalue weighted by Gasteiger charge is -2.36. The quantitative estimate of drug-likeness (QED) is 0.201. The second kappa shape index (κ2) is 10.9. The number of halogens is 2. The Morgan fingerprint density at radius 2 is 1.82 bits per heavy atom. The van der Waals surface area contributed by atoms with Crippen LogP contribution in [0.15, 0.2) is 97.5 Å². The number of nitrogens with zero attached hydrogens (tertiary/aromatic N) is 2. The molecule has 0 saturated carbocycles. The Bertz CT molecular complexity index is 1680. The van der Waals surface area contributed by atoms with Crippen LogP contribution in [0.2, 0.25) is 10.0 Å². The van der Waals surface area contributed by atoms with Crippen molar-refractivity contribution in [3.05, 3.63) is 129 Å². The molecule has 0 aliphatic carbocycles. The first-order valence-corrected chi connectivity index (χ1v) is 13.8. The minimum Gasteiger partial charge on any atom is -0.481 e. The molecular weight excluding hydrogens is 549 g/mol. The summed E-state index contributed by atoms with van der Waals surface area (Å²) >= 11 is 15.0. The van der Waals surface area contributed by atoms with Crippen LogP contribution < -0.4 is 10.5 Å². The van der Waals surface area contributed by atoms with Crippen molar-refractivity contribution in [2.24, 2.45) is 5.73 Å². The highest BCUT2D eigenvalue weighted by atomic mass is 35.5. The van der Waals surface area contributed by atoms with Crippen molar-refractivity contribution in [1.82, 2.24) is 9.88 Å². The lowest BCUT2D eigenvalue weighted by molar-refractivity contribution is 0.0968. The van der Waals surface area contributed by atoms with Gasteiger partial charge >= 0.3 is 0 Å². The Morgan fingerprint density at radius 3 is 2.49 bits per heavy atom. The Labute approximate surface area is 241 Å². The van der Waals surface area contributed by atoms with Gasteiger partial charge in [-0.2, -0.15) is 0 Å². The number of nitrogens with two attached hydrogens (primary N) is 1. The summed E-state index contributed by atoms with van der Waals surface area (Å²) in [6, 6.07) is 22.9. The zero-order valence-electron chi connectivity index (χ0n) is 21.5. The van der Waals surface area contributed by atoms with Crippen molar-refractivity contribution in [2.75, 3.05) is 14.2 Å². The van der Waals surface area contributed by atoms with Gasteiger partial charge in [-0.3, -0.25) is 0 Å². The highest BCUT2D eigenvalue weighted by Gasteiger charge is 2.38. The molecule has 5 nitrogen and oxygen atoms in total. The SMILES string of the molecule is C=CN(C)/C(=C\N)C(O)(c1ccc(Cl)cc1)c1ccc2nc(OC)c(Cc3cc4ccccc4s3)c(Cl)c2c1. The van der Waals surface area contributed by atoms with Gasteiger partial charge in [-0.05, 0) is 59.1 Å². The minimum absolute atomic E-state index is 0.419. The van der Waals surface area contributed by atoms with Crippen molar-refractivity contribution in [2.45, 2.75) is 12.0 Å². The number of aliphatic hydroxyl groups is 1. The molecule has 1 atom stereocenters. The summed E-state index contributed by atoms with van der Waals surface area (Å²) in [6.07, 6.45) is 3.52. The standard InChI is InChI=1S/C31H27Cl2N3O2S/c1-4-36(2)28(18-34)31(37,20-9-12-22(32)13-10-20)21-11-14-26-24(16-21)29(33)25(30(35-26)38-3)17-23-15-19-7-5-6-8-27(19)39-23/h4-16,18,37H,1,17,34H2,2-3H3/b28-18-. The lowest BCUT2D eigenvalue weighted by Crippen LogP contribution is -2.36. The maximum atomic E-state index is 12.4. The Balaban J connectivity index is 1.69. The molecule has 3 N–H and O–H groups in total. The number of ether oxygens (including phenoxy) is 1. The fourth-order valence-electron chi connectivity index (χ4n) is 4.83. The highest BCUT2D eigenvalue weighted by Crippen LogP contribution is 2.42. The molecule has 0 aliphatic heterocycles. The summed E-state index contributed by atoms with van der Waals surface area (Å²) < 4.78 is 6.87. The van der Waals surface area contributed by atoms with Crippen LogP contribution in [0.3, 0.4) is 0 Å². The van der Waals surface area contributed by atoms with E-state index in [1.807, 2.05) is 30.3 Å². The molecule has 0 aliphatic rings. The monoisotopic (exact) mass is 575 g/mol. The van der Waals surface area contributed by atoms with E-state index in [1.165, 1.54) is 16.3 Å². The summed E-state index contributed by atoms with van der Waals surface area (Å²) in [6.45, 7) is 3.85. The van der Waals surface area contributed by atoms with Crippen LogP contribution >= 0.6 is 34.5 Å². The fraction of sp³-hybridized carbons (Fsp3) is 0.129. The maximum absolute atomic E-state index is 12.4. The molecular formula is C31H27Cl2N3O2S. The van der Waals surface area contributed by atoms with E-state index >= 15 is 0 Å². The molecule has 0 saturated heterocycles. The summed E-state index contributed by atoms with van der Waals surface area (Å²) in [4.78, 5) is 7.59. The number of benzene rings is 3. The normalized spacial score (nSPS) is 13.4. The first kappa shape index (κ1) is 27.0. The molecule has 0 bridgehead atoms. The molecule has 2 heterocycles. The first-order chi connectivity index (χ1) is 18.8. The first-order valence-electron chi connectivity index (χ1n) is 12.2. The van der Waals surface area contributed by atoms with Crippen LogP contribution in [0.1, 0.15) is 21.6 Å². The number of hydrogen-bond acceptors (Lipinski definition) is 6. The largest absolute Gasteiger partial charge is 0.481 e. The van der Waals surface area contributed by atoms with Crippen LogP contribution in [0.25, 0.3) is 21.0 Å². The van der Waals surface area contributed by atoms with E-state index in [9.17, 15) is 5.11 Å². The van der Waals surface area contributed by atoms with Gasteiger partial charge in [-0.25, -0.2) is 4.98 Å². The Morgan fingerprint density at radius 1 is 1.10 bits per heavy atom. The van der Waals surface area contributed by atoms with Crippen molar-refractivity contribution in [1.29, 1.82) is 0 Å². The van der Waals surface area contributed by atoms with E-state index in [1.54, 1.807) is 60.9 Å².